The standard InChI is InChI=1S/C10H13N3S/c1-3-8-9(12-13-10(8)11)7-4-6(2)14-5-7/h4-5H,3H2,1-2H3,(H3,11,12,13). The van der Waals surface area contributed by atoms with Crippen LogP contribution >= 0.6 is 11.3 Å². The van der Waals surface area contributed by atoms with Crippen molar-refractivity contribution >= 4 is 17.2 Å². The molecule has 0 saturated carbocycles. The van der Waals surface area contributed by atoms with Gasteiger partial charge in [-0.1, -0.05) is 6.92 Å². The minimum atomic E-state index is 0.617. The minimum Gasteiger partial charge on any atom is -0.382 e. The third kappa shape index (κ3) is 1.42. The van der Waals surface area contributed by atoms with E-state index in [1.807, 2.05) is 0 Å². The third-order valence-electron chi connectivity index (χ3n) is 2.27. The molecule has 2 aromatic heterocycles. The first-order valence-electron chi connectivity index (χ1n) is 4.60. The van der Waals surface area contributed by atoms with Crippen LogP contribution < -0.4 is 5.73 Å². The number of nitrogens with zero attached hydrogens (tertiary/aromatic N) is 1. The van der Waals surface area contributed by atoms with Gasteiger partial charge in [0.15, 0.2) is 0 Å². The topological polar surface area (TPSA) is 54.7 Å². The second-order valence-electron chi connectivity index (χ2n) is 3.26. The molecule has 0 amide bonds. The maximum absolute atomic E-state index is 5.76. The molecule has 0 spiro atoms. The van der Waals surface area contributed by atoms with Crippen LogP contribution in [0.4, 0.5) is 5.82 Å². The first-order chi connectivity index (χ1) is 6.72. The monoisotopic (exact) mass is 207 g/mol. The van der Waals surface area contributed by atoms with Crippen molar-refractivity contribution in [2.75, 3.05) is 5.73 Å². The molecule has 0 aromatic carbocycles. The molecule has 0 unspecified atom stereocenters. The number of aryl methyl sites for hydroxylation is 1. The number of nitrogen functional groups attached to an aromatic ring is 1. The minimum absolute atomic E-state index is 0.617. The molecule has 0 aliphatic rings. The number of thiophene rings is 1. The van der Waals surface area contributed by atoms with Crippen molar-refractivity contribution in [3.05, 3.63) is 21.9 Å². The fourth-order valence-electron chi connectivity index (χ4n) is 1.55. The Morgan fingerprint density at radius 3 is 2.93 bits per heavy atom. The Labute approximate surface area is 87.0 Å². The molecule has 0 radical (unpaired) electrons. The average Bonchev–Trinajstić information content (AvgIpc) is 2.71. The summed E-state index contributed by atoms with van der Waals surface area (Å²) in [6.45, 7) is 4.18. The number of hydrogen-bond donors (Lipinski definition) is 2. The smallest absolute Gasteiger partial charge is 0.149 e. The van der Waals surface area contributed by atoms with Gasteiger partial charge in [-0.15, -0.1) is 11.3 Å². The Balaban J connectivity index is 2.51. The number of aromatic amines is 1. The first-order valence-corrected chi connectivity index (χ1v) is 5.48. The van der Waals surface area contributed by atoms with Crippen molar-refractivity contribution in [1.29, 1.82) is 0 Å². The number of anilines is 1. The van der Waals surface area contributed by atoms with Crippen molar-refractivity contribution in [3.8, 4) is 11.3 Å². The van der Waals surface area contributed by atoms with Gasteiger partial charge >= 0.3 is 0 Å². The maximum atomic E-state index is 5.76. The second kappa shape index (κ2) is 3.46. The van der Waals surface area contributed by atoms with Crippen molar-refractivity contribution in [2.45, 2.75) is 20.3 Å². The highest BCUT2D eigenvalue weighted by Gasteiger charge is 2.11. The zero-order valence-electron chi connectivity index (χ0n) is 8.29. The number of nitrogens with one attached hydrogen (secondary N) is 1. The zero-order valence-corrected chi connectivity index (χ0v) is 9.11. The van der Waals surface area contributed by atoms with E-state index < -0.39 is 0 Å². The van der Waals surface area contributed by atoms with E-state index in [4.69, 9.17) is 5.73 Å². The number of nitrogens with two attached hydrogens (primary N) is 1. The summed E-state index contributed by atoms with van der Waals surface area (Å²) in [5.74, 6) is 0.617. The Hall–Kier alpha value is -1.29. The van der Waals surface area contributed by atoms with Gasteiger partial charge in [-0.05, 0) is 19.4 Å². The van der Waals surface area contributed by atoms with Gasteiger partial charge in [-0.25, -0.2) is 0 Å². The second-order valence-corrected chi connectivity index (χ2v) is 4.38. The van der Waals surface area contributed by atoms with Gasteiger partial charge in [0.2, 0.25) is 0 Å². The molecule has 2 heterocycles. The molecule has 0 bridgehead atoms. The van der Waals surface area contributed by atoms with Crippen molar-refractivity contribution in [1.82, 2.24) is 10.2 Å². The molecule has 3 N–H and O–H groups in total. The lowest BCUT2D eigenvalue weighted by Crippen LogP contribution is -1.90. The van der Waals surface area contributed by atoms with Crippen LogP contribution in [0.15, 0.2) is 11.4 Å². The summed E-state index contributed by atoms with van der Waals surface area (Å²) in [6.07, 6.45) is 0.909. The first kappa shape index (κ1) is 9.27. The van der Waals surface area contributed by atoms with E-state index in [1.165, 1.54) is 10.4 Å². The Morgan fingerprint density at radius 2 is 2.36 bits per heavy atom. The Kier molecular flexibility index (Phi) is 2.29. The van der Waals surface area contributed by atoms with Crippen molar-refractivity contribution < 1.29 is 0 Å². The molecule has 0 aliphatic heterocycles. The summed E-state index contributed by atoms with van der Waals surface area (Å²) in [5.41, 5.74) is 9.12. The van der Waals surface area contributed by atoms with Gasteiger partial charge < -0.3 is 5.73 Å². The molecule has 0 fully saturated rings. The van der Waals surface area contributed by atoms with Crippen LogP contribution in [-0.2, 0) is 6.42 Å². The van der Waals surface area contributed by atoms with E-state index in [0.717, 1.165) is 17.7 Å². The van der Waals surface area contributed by atoms with E-state index in [-0.39, 0.29) is 0 Å². The number of aromatic nitrogens is 2. The largest absolute Gasteiger partial charge is 0.382 e. The van der Waals surface area contributed by atoms with Crippen LogP contribution in [0.3, 0.4) is 0 Å². The van der Waals surface area contributed by atoms with Crippen molar-refractivity contribution in [3.63, 3.8) is 0 Å². The van der Waals surface area contributed by atoms with Gasteiger partial charge in [0.05, 0.1) is 5.69 Å². The highest BCUT2D eigenvalue weighted by molar-refractivity contribution is 7.10. The molecule has 14 heavy (non-hydrogen) atoms. The van der Waals surface area contributed by atoms with E-state index in [0.29, 0.717) is 5.82 Å². The summed E-state index contributed by atoms with van der Waals surface area (Å²) >= 11 is 1.74. The van der Waals surface area contributed by atoms with Crippen LogP contribution in [0.25, 0.3) is 11.3 Å². The highest BCUT2D eigenvalue weighted by Crippen LogP contribution is 2.29. The zero-order chi connectivity index (χ0) is 10.1. The fraction of sp³-hybridized carbons (Fsp3) is 0.300. The number of rotatable bonds is 2. The Morgan fingerprint density at radius 1 is 1.57 bits per heavy atom. The quantitative estimate of drug-likeness (QED) is 0.795. The van der Waals surface area contributed by atoms with Crippen LogP contribution in [0.5, 0.6) is 0 Å². The molecule has 0 aliphatic carbocycles. The summed E-state index contributed by atoms with van der Waals surface area (Å²) in [6, 6.07) is 2.15. The summed E-state index contributed by atoms with van der Waals surface area (Å²) in [7, 11) is 0. The normalized spacial score (nSPS) is 10.7. The fourth-order valence-corrected chi connectivity index (χ4v) is 2.24. The lowest BCUT2D eigenvalue weighted by Gasteiger charge is -1.97. The summed E-state index contributed by atoms with van der Waals surface area (Å²) in [5, 5.41) is 9.14. The predicted octanol–water partition coefficient (Wildman–Crippen LogP) is 2.59. The van der Waals surface area contributed by atoms with Gasteiger partial charge in [0, 0.05) is 21.4 Å². The molecule has 0 saturated heterocycles. The molecule has 2 rings (SSSR count). The lowest BCUT2D eigenvalue weighted by atomic mass is 10.1. The van der Waals surface area contributed by atoms with Crippen LogP contribution in [0.1, 0.15) is 17.4 Å². The molecular formula is C10H13N3S. The molecule has 0 atom stereocenters. The number of H-pyrrole nitrogens is 1. The molecule has 74 valence electrons. The SMILES string of the molecule is CCc1c(N)n[nH]c1-c1csc(C)c1. The average molecular weight is 207 g/mol. The Bertz CT molecular complexity index is 442. The van der Waals surface area contributed by atoms with Crippen molar-refractivity contribution in [2.24, 2.45) is 0 Å². The van der Waals surface area contributed by atoms with Gasteiger partial charge in [-0.2, -0.15) is 5.10 Å². The predicted molar refractivity (Wildman–Crippen MR) is 60.4 cm³/mol. The maximum Gasteiger partial charge on any atom is 0.149 e. The van der Waals surface area contributed by atoms with Gasteiger partial charge in [-0.3, -0.25) is 5.10 Å². The molecule has 3 nitrogen and oxygen atoms in total. The summed E-state index contributed by atoms with van der Waals surface area (Å²) < 4.78 is 0. The van der Waals surface area contributed by atoms with Gasteiger partial charge in [0.1, 0.15) is 5.82 Å². The highest BCUT2D eigenvalue weighted by atomic mass is 32.1. The van der Waals surface area contributed by atoms with E-state index in [2.05, 4.69) is 35.5 Å². The molecule has 2 aromatic rings. The van der Waals surface area contributed by atoms with E-state index in [9.17, 15) is 0 Å². The summed E-state index contributed by atoms with van der Waals surface area (Å²) in [4.78, 5) is 1.30. The van der Waals surface area contributed by atoms with Crippen LogP contribution in [0, 0.1) is 6.92 Å². The number of hydrogen-bond acceptors (Lipinski definition) is 3. The van der Waals surface area contributed by atoms with E-state index >= 15 is 0 Å². The molecule has 4 heteroatoms. The van der Waals surface area contributed by atoms with Crippen LogP contribution in [-0.4, -0.2) is 10.2 Å². The van der Waals surface area contributed by atoms with Gasteiger partial charge in [0.25, 0.3) is 0 Å². The third-order valence-corrected chi connectivity index (χ3v) is 3.13. The lowest BCUT2D eigenvalue weighted by molar-refractivity contribution is 1.10. The van der Waals surface area contributed by atoms with E-state index in [1.54, 1.807) is 11.3 Å². The van der Waals surface area contributed by atoms with Crippen LogP contribution in [0.2, 0.25) is 0 Å². The molecular weight excluding hydrogens is 194 g/mol.